The molecule has 1 N–H and O–H groups in total. The van der Waals surface area contributed by atoms with Crippen LogP contribution < -0.4 is 9.47 Å². The molecule has 7 heteroatoms. The van der Waals surface area contributed by atoms with E-state index in [2.05, 4.69) is 10.3 Å². The summed E-state index contributed by atoms with van der Waals surface area (Å²) in [5.41, 5.74) is 0.504. The molecule has 0 spiro atoms. The quantitative estimate of drug-likeness (QED) is 0.869. The molecule has 0 radical (unpaired) electrons. The first-order valence-corrected chi connectivity index (χ1v) is 5.03. The Kier molecular flexibility index (Phi) is 3.13. The van der Waals surface area contributed by atoms with Crippen molar-refractivity contribution in [2.75, 3.05) is 14.2 Å². The van der Waals surface area contributed by atoms with E-state index in [0.717, 1.165) is 0 Å². The first-order valence-electron chi connectivity index (χ1n) is 5.03. The third-order valence-corrected chi connectivity index (χ3v) is 2.38. The van der Waals surface area contributed by atoms with Gasteiger partial charge in [0.25, 0.3) is 0 Å². The van der Waals surface area contributed by atoms with E-state index in [1.165, 1.54) is 25.1 Å². The Bertz CT molecular complexity index is 579. The maximum absolute atomic E-state index is 11.0. The number of ether oxygens (including phenoxy) is 2. The first-order chi connectivity index (χ1) is 8.67. The van der Waals surface area contributed by atoms with Gasteiger partial charge in [-0.1, -0.05) is 5.21 Å². The number of aromatic nitrogens is 3. The molecule has 0 fully saturated rings. The van der Waals surface area contributed by atoms with Crippen molar-refractivity contribution < 1.29 is 19.4 Å². The molecule has 0 aliphatic heterocycles. The molecule has 1 heterocycles. The second-order valence-electron chi connectivity index (χ2n) is 3.38. The largest absolute Gasteiger partial charge is 0.493 e. The third kappa shape index (κ3) is 1.97. The predicted molar refractivity (Wildman–Crippen MR) is 61.4 cm³/mol. The van der Waals surface area contributed by atoms with Crippen molar-refractivity contribution in [3.8, 4) is 17.2 Å². The zero-order chi connectivity index (χ0) is 13.1. The molecule has 0 aliphatic rings. The molecule has 2 aromatic rings. The Labute approximate surface area is 103 Å². The first kappa shape index (κ1) is 11.9. The smallest absolute Gasteiger partial charge is 0.356 e. The Morgan fingerprint density at radius 1 is 1.28 bits per heavy atom. The molecule has 1 aromatic heterocycles. The van der Waals surface area contributed by atoms with E-state index in [4.69, 9.17) is 14.6 Å². The van der Waals surface area contributed by atoms with E-state index in [1.54, 1.807) is 18.2 Å². The van der Waals surface area contributed by atoms with E-state index in [9.17, 15) is 4.79 Å². The zero-order valence-electron chi connectivity index (χ0n) is 9.82. The number of nitrogens with zero attached hydrogens (tertiary/aromatic N) is 3. The molecule has 1 aromatic carbocycles. The van der Waals surface area contributed by atoms with Crippen LogP contribution in [0.2, 0.25) is 0 Å². The zero-order valence-corrected chi connectivity index (χ0v) is 9.82. The van der Waals surface area contributed by atoms with E-state index >= 15 is 0 Å². The van der Waals surface area contributed by atoms with E-state index in [-0.39, 0.29) is 5.69 Å². The average molecular weight is 249 g/mol. The molecule has 0 aliphatic carbocycles. The lowest BCUT2D eigenvalue weighted by atomic mass is 10.2. The van der Waals surface area contributed by atoms with E-state index in [1.807, 2.05) is 0 Å². The van der Waals surface area contributed by atoms with Gasteiger partial charge in [0.2, 0.25) is 0 Å². The Morgan fingerprint density at radius 2 is 2.00 bits per heavy atom. The highest BCUT2D eigenvalue weighted by atomic mass is 16.5. The maximum atomic E-state index is 11.0. The summed E-state index contributed by atoms with van der Waals surface area (Å²) < 4.78 is 11.5. The molecular formula is C11H11N3O4. The van der Waals surface area contributed by atoms with E-state index in [0.29, 0.717) is 17.2 Å². The predicted octanol–water partition coefficient (Wildman–Crippen LogP) is 0.983. The molecule has 0 saturated heterocycles. The number of hydrogen-bond donors (Lipinski definition) is 1. The fourth-order valence-electron chi connectivity index (χ4n) is 1.53. The van der Waals surface area contributed by atoms with Crippen LogP contribution in [0.5, 0.6) is 11.5 Å². The van der Waals surface area contributed by atoms with Crippen LogP contribution >= 0.6 is 0 Å². The van der Waals surface area contributed by atoms with Crippen LogP contribution in [-0.4, -0.2) is 40.3 Å². The molecule has 0 amide bonds. The van der Waals surface area contributed by atoms with Gasteiger partial charge in [-0.3, -0.25) is 0 Å². The van der Waals surface area contributed by atoms with Crippen LogP contribution in [0, 0.1) is 0 Å². The number of carboxylic acids is 1. The van der Waals surface area contributed by atoms with Crippen molar-refractivity contribution in [3.05, 3.63) is 30.1 Å². The highest BCUT2D eigenvalue weighted by molar-refractivity contribution is 5.85. The number of carboxylic acid groups (broad SMARTS) is 1. The summed E-state index contributed by atoms with van der Waals surface area (Å²) in [4.78, 5) is 11.0. The second kappa shape index (κ2) is 4.74. The van der Waals surface area contributed by atoms with Crippen molar-refractivity contribution in [3.63, 3.8) is 0 Å². The third-order valence-electron chi connectivity index (χ3n) is 2.38. The summed E-state index contributed by atoms with van der Waals surface area (Å²) in [6, 6.07) is 4.96. The second-order valence-corrected chi connectivity index (χ2v) is 3.38. The Balaban J connectivity index is 2.51. The fraction of sp³-hybridized carbons (Fsp3) is 0.182. The summed E-state index contributed by atoms with van der Waals surface area (Å²) in [6.45, 7) is 0. The maximum Gasteiger partial charge on any atom is 0.356 e. The van der Waals surface area contributed by atoms with Crippen LogP contribution in [0.4, 0.5) is 0 Å². The van der Waals surface area contributed by atoms with Crippen molar-refractivity contribution >= 4 is 5.97 Å². The van der Waals surface area contributed by atoms with Gasteiger partial charge in [0.15, 0.2) is 17.2 Å². The van der Waals surface area contributed by atoms with Gasteiger partial charge in [0, 0.05) is 6.07 Å². The monoisotopic (exact) mass is 249 g/mol. The van der Waals surface area contributed by atoms with Crippen molar-refractivity contribution in [2.45, 2.75) is 0 Å². The van der Waals surface area contributed by atoms with Gasteiger partial charge in [-0.15, -0.1) is 5.10 Å². The molecular weight excluding hydrogens is 238 g/mol. The van der Waals surface area contributed by atoms with Gasteiger partial charge in [0.05, 0.1) is 26.1 Å². The van der Waals surface area contributed by atoms with Crippen LogP contribution in [-0.2, 0) is 0 Å². The Hall–Kier alpha value is -2.57. The number of methoxy groups -OCH3 is 2. The molecule has 2 rings (SSSR count). The fourth-order valence-corrected chi connectivity index (χ4v) is 1.53. The van der Waals surface area contributed by atoms with Crippen LogP contribution in [0.1, 0.15) is 10.5 Å². The molecule has 7 nitrogen and oxygen atoms in total. The van der Waals surface area contributed by atoms with Gasteiger partial charge < -0.3 is 14.6 Å². The lowest BCUT2D eigenvalue weighted by molar-refractivity contribution is 0.0687. The number of hydrogen-bond acceptors (Lipinski definition) is 5. The van der Waals surface area contributed by atoms with Gasteiger partial charge in [-0.05, 0) is 12.1 Å². The van der Waals surface area contributed by atoms with Crippen LogP contribution in [0.25, 0.3) is 5.69 Å². The molecule has 0 saturated carbocycles. The number of benzene rings is 1. The van der Waals surface area contributed by atoms with Crippen molar-refractivity contribution in [2.24, 2.45) is 0 Å². The van der Waals surface area contributed by atoms with Crippen molar-refractivity contribution in [1.82, 2.24) is 15.0 Å². The molecule has 94 valence electrons. The SMILES string of the molecule is COc1ccc(-n2nncc2C(=O)O)cc1OC. The minimum atomic E-state index is -1.10. The van der Waals surface area contributed by atoms with Crippen molar-refractivity contribution in [1.29, 1.82) is 0 Å². The minimum Gasteiger partial charge on any atom is -0.493 e. The highest BCUT2D eigenvalue weighted by Crippen LogP contribution is 2.29. The van der Waals surface area contributed by atoms with Gasteiger partial charge >= 0.3 is 5.97 Å². The Morgan fingerprint density at radius 3 is 2.61 bits per heavy atom. The van der Waals surface area contributed by atoms with E-state index < -0.39 is 5.97 Å². The topological polar surface area (TPSA) is 86.5 Å². The normalized spacial score (nSPS) is 10.1. The standard InChI is InChI=1S/C11H11N3O4/c1-17-9-4-3-7(5-10(9)18-2)14-8(11(15)16)6-12-13-14/h3-6H,1-2H3,(H,15,16). The van der Waals surface area contributed by atoms with Crippen LogP contribution in [0.3, 0.4) is 0 Å². The highest BCUT2D eigenvalue weighted by Gasteiger charge is 2.14. The summed E-state index contributed by atoms with van der Waals surface area (Å²) in [7, 11) is 3.02. The summed E-state index contributed by atoms with van der Waals surface area (Å²) in [5.74, 6) is -0.0603. The molecule has 0 atom stereocenters. The number of carbonyl (C=O) groups is 1. The van der Waals surface area contributed by atoms with Gasteiger partial charge in [-0.2, -0.15) is 0 Å². The lowest BCUT2D eigenvalue weighted by Crippen LogP contribution is -2.08. The molecule has 18 heavy (non-hydrogen) atoms. The number of aromatic carboxylic acids is 1. The number of rotatable bonds is 4. The molecule has 0 unspecified atom stereocenters. The van der Waals surface area contributed by atoms with Gasteiger partial charge in [-0.25, -0.2) is 9.48 Å². The van der Waals surface area contributed by atoms with Crippen LogP contribution in [0.15, 0.2) is 24.4 Å². The summed E-state index contributed by atoms with van der Waals surface area (Å²) in [6.07, 6.45) is 1.18. The lowest BCUT2D eigenvalue weighted by Gasteiger charge is -2.09. The average Bonchev–Trinajstić information content (AvgIpc) is 2.87. The minimum absolute atomic E-state index is 0.0257. The molecule has 0 bridgehead atoms. The summed E-state index contributed by atoms with van der Waals surface area (Å²) in [5, 5.41) is 16.3. The van der Waals surface area contributed by atoms with Gasteiger partial charge in [0.1, 0.15) is 0 Å². The summed E-state index contributed by atoms with van der Waals surface area (Å²) >= 11 is 0.